The fourth-order valence-corrected chi connectivity index (χ4v) is 6.41. The Labute approximate surface area is 265 Å². The van der Waals surface area contributed by atoms with Gasteiger partial charge in [0.1, 0.15) is 0 Å². The van der Waals surface area contributed by atoms with Crippen molar-refractivity contribution in [2.24, 2.45) is 4.99 Å². The summed E-state index contributed by atoms with van der Waals surface area (Å²) >= 11 is 4.71. The Morgan fingerprint density at radius 3 is 2.34 bits per heavy atom. The van der Waals surface area contributed by atoms with Gasteiger partial charge in [-0.2, -0.15) is 0 Å². The minimum atomic E-state index is -0.760. The van der Waals surface area contributed by atoms with Gasteiger partial charge in [0.05, 0.1) is 46.6 Å². The van der Waals surface area contributed by atoms with E-state index in [0.717, 1.165) is 11.1 Å². The highest BCUT2D eigenvalue weighted by molar-refractivity contribution is 9.10. The van der Waals surface area contributed by atoms with Gasteiger partial charge in [-0.15, -0.1) is 0 Å². The van der Waals surface area contributed by atoms with Crippen LogP contribution >= 0.6 is 27.3 Å². The first kappa shape index (κ1) is 31.0. The van der Waals surface area contributed by atoms with Crippen LogP contribution in [0.15, 0.2) is 92.6 Å². The van der Waals surface area contributed by atoms with Crippen LogP contribution in [-0.2, 0) is 19.1 Å². The lowest BCUT2D eigenvalue weighted by Crippen LogP contribution is -2.39. The third-order valence-electron chi connectivity index (χ3n) is 6.68. The van der Waals surface area contributed by atoms with Crippen molar-refractivity contribution in [3.63, 3.8) is 0 Å². The van der Waals surface area contributed by atoms with E-state index in [9.17, 15) is 14.4 Å². The van der Waals surface area contributed by atoms with Crippen LogP contribution in [0.3, 0.4) is 0 Å². The molecule has 4 aromatic rings. The first-order valence-electron chi connectivity index (χ1n) is 13.9. The van der Waals surface area contributed by atoms with E-state index in [2.05, 4.69) is 15.9 Å². The predicted molar refractivity (Wildman–Crippen MR) is 170 cm³/mol. The van der Waals surface area contributed by atoms with Crippen molar-refractivity contribution < 1.29 is 28.5 Å². The highest BCUT2D eigenvalue weighted by Gasteiger charge is 2.35. The molecule has 0 saturated carbocycles. The minimum absolute atomic E-state index is 0.173. The largest absolute Gasteiger partial charge is 0.493 e. The average molecular weight is 678 g/mol. The van der Waals surface area contributed by atoms with Gasteiger partial charge in [-0.25, -0.2) is 14.6 Å². The summed E-state index contributed by atoms with van der Waals surface area (Å²) in [6.45, 7) is 3.59. The number of carbonyl (C=O) groups is 2. The second-order valence-corrected chi connectivity index (χ2v) is 11.3. The van der Waals surface area contributed by atoms with Crippen LogP contribution in [0, 0.1) is 0 Å². The van der Waals surface area contributed by atoms with Gasteiger partial charge in [0, 0.05) is 5.56 Å². The number of hydrogen-bond acceptors (Lipinski definition) is 9. The number of rotatable bonds is 10. The number of hydrogen-bond donors (Lipinski definition) is 0. The van der Waals surface area contributed by atoms with Crippen molar-refractivity contribution in [3.8, 4) is 11.5 Å². The topological polar surface area (TPSA) is 105 Å². The zero-order chi connectivity index (χ0) is 31.2. The molecule has 3 aromatic carbocycles. The molecule has 1 aromatic heterocycles. The molecule has 5 rings (SSSR count). The molecular weight excluding hydrogens is 648 g/mol. The predicted octanol–water partition coefficient (Wildman–Crippen LogP) is 4.65. The number of aromatic nitrogens is 1. The molecule has 1 atom stereocenters. The van der Waals surface area contributed by atoms with E-state index in [0.29, 0.717) is 36.6 Å². The van der Waals surface area contributed by atoms with Crippen LogP contribution in [0.25, 0.3) is 11.8 Å². The van der Waals surface area contributed by atoms with Crippen molar-refractivity contribution in [2.75, 3.05) is 26.9 Å². The van der Waals surface area contributed by atoms with E-state index in [-0.39, 0.29) is 31.0 Å². The lowest BCUT2D eigenvalue weighted by Gasteiger charge is -2.25. The lowest BCUT2D eigenvalue weighted by atomic mass is 9.93. The van der Waals surface area contributed by atoms with Crippen LogP contribution in [0.5, 0.6) is 11.5 Å². The summed E-state index contributed by atoms with van der Waals surface area (Å²) < 4.78 is 24.1. The number of esters is 2. The van der Waals surface area contributed by atoms with Crippen molar-refractivity contribution in [1.82, 2.24) is 4.57 Å². The fraction of sp³-hybridized carbons (Fsp3) is 0.212. The van der Waals surface area contributed by atoms with Crippen molar-refractivity contribution in [1.29, 1.82) is 0 Å². The highest BCUT2D eigenvalue weighted by Crippen LogP contribution is 2.37. The van der Waals surface area contributed by atoms with Gasteiger partial charge < -0.3 is 18.9 Å². The molecule has 0 radical (unpaired) electrons. The number of ether oxygens (including phenoxy) is 4. The molecule has 0 unspecified atom stereocenters. The van der Waals surface area contributed by atoms with E-state index in [4.69, 9.17) is 23.9 Å². The van der Waals surface area contributed by atoms with Gasteiger partial charge in [-0.05, 0) is 59.1 Å². The van der Waals surface area contributed by atoms with Crippen molar-refractivity contribution >= 4 is 51.0 Å². The SMILES string of the molecule is CCOC(=O)COc1c(Br)cc(/C=c2\sc3n(c2=O)[C@H](c2ccccc2)C(C(=O)OCC)=C(c2ccccc2)N=3)cc1OC. The second-order valence-electron chi connectivity index (χ2n) is 9.47. The van der Waals surface area contributed by atoms with Crippen LogP contribution < -0.4 is 24.4 Å². The first-order valence-corrected chi connectivity index (χ1v) is 15.5. The number of nitrogens with zero attached hydrogens (tertiary/aromatic N) is 2. The van der Waals surface area contributed by atoms with Gasteiger partial charge >= 0.3 is 11.9 Å². The van der Waals surface area contributed by atoms with E-state index < -0.39 is 18.0 Å². The van der Waals surface area contributed by atoms with Gasteiger partial charge in [-0.1, -0.05) is 72.0 Å². The molecule has 0 N–H and O–H groups in total. The zero-order valence-electron chi connectivity index (χ0n) is 24.2. The summed E-state index contributed by atoms with van der Waals surface area (Å²) in [7, 11) is 1.48. The molecule has 0 bridgehead atoms. The number of fused-ring (bicyclic) bond motifs is 1. The Kier molecular flexibility index (Phi) is 9.76. The van der Waals surface area contributed by atoms with E-state index in [1.54, 1.807) is 36.6 Å². The molecule has 0 fully saturated rings. The smallest absolute Gasteiger partial charge is 0.344 e. The summed E-state index contributed by atoms with van der Waals surface area (Å²) in [4.78, 5) is 44.8. The number of thiazole rings is 1. The summed E-state index contributed by atoms with van der Waals surface area (Å²) in [6.07, 6.45) is 1.73. The molecule has 2 heterocycles. The molecule has 0 aliphatic carbocycles. The fourth-order valence-electron chi connectivity index (χ4n) is 4.84. The van der Waals surface area contributed by atoms with Crippen LogP contribution in [0.1, 0.15) is 36.6 Å². The maximum Gasteiger partial charge on any atom is 0.344 e. The molecule has 0 spiro atoms. The van der Waals surface area contributed by atoms with E-state index in [1.807, 2.05) is 60.7 Å². The Balaban J connectivity index is 1.68. The average Bonchev–Trinajstić information content (AvgIpc) is 3.34. The third-order valence-corrected chi connectivity index (χ3v) is 8.25. The third kappa shape index (κ3) is 6.39. The number of benzene rings is 3. The monoisotopic (exact) mass is 676 g/mol. The first-order chi connectivity index (χ1) is 21.4. The lowest BCUT2D eigenvalue weighted by molar-refractivity contribution is -0.145. The standard InChI is InChI=1S/C33H29BrN2O7S/c1-4-41-26(37)19-43-30-23(34)16-20(17-24(30)40-3)18-25-31(38)36-29(22-14-10-7-11-15-22)27(32(39)42-5-2)28(35-33(36)44-25)21-12-8-6-9-13-21/h6-18,29H,4-5,19H2,1-3H3/b25-18-/t29-/m1/s1. The molecule has 226 valence electrons. The summed E-state index contributed by atoms with van der Waals surface area (Å²) in [5.41, 5.74) is 2.56. The maximum absolute atomic E-state index is 14.1. The van der Waals surface area contributed by atoms with Gasteiger partial charge in [0.15, 0.2) is 22.9 Å². The van der Waals surface area contributed by atoms with Crippen molar-refractivity contribution in [3.05, 3.63) is 119 Å². The van der Waals surface area contributed by atoms with Gasteiger partial charge in [0.2, 0.25) is 0 Å². The second kappa shape index (κ2) is 13.9. The van der Waals surface area contributed by atoms with Crippen LogP contribution in [0.2, 0.25) is 0 Å². The van der Waals surface area contributed by atoms with E-state index >= 15 is 0 Å². The Morgan fingerprint density at radius 1 is 1.00 bits per heavy atom. The van der Waals surface area contributed by atoms with Gasteiger partial charge in [0.25, 0.3) is 5.56 Å². The summed E-state index contributed by atoms with van der Waals surface area (Å²) in [5, 5.41) is 0. The number of carbonyl (C=O) groups excluding carboxylic acids is 2. The molecule has 0 amide bonds. The van der Waals surface area contributed by atoms with Crippen LogP contribution in [-0.4, -0.2) is 43.4 Å². The quantitative estimate of drug-likeness (QED) is 0.225. The Morgan fingerprint density at radius 2 is 1.68 bits per heavy atom. The normalized spacial score (nSPS) is 14.5. The molecule has 1 aliphatic rings. The molecular formula is C33H29BrN2O7S. The van der Waals surface area contributed by atoms with Crippen molar-refractivity contribution in [2.45, 2.75) is 19.9 Å². The Hall–Kier alpha value is -4.48. The summed E-state index contributed by atoms with van der Waals surface area (Å²) in [6, 6.07) is 21.5. The molecule has 1 aliphatic heterocycles. The molecule has 44 heavy (non-hydrogen) atoms. The molecule has 0 saturated heterocycles. The highest BCUT2D eigenvalue weighted by atomic mass is 79.9. The van der Waals surface area contributed by atoms with Crippen LogP contribution in [0.4, 0.5) is 0 Å². The van der Waals surface area contributed by atoms with Gasteiger partial charge in [-0.3, -0.25) is 9.36 Å². The molecule has 11 heteroatoms. The maximum atomic E-state index is 14.1. The molecule has 9 nitrogen and oxygen atoms in total. The number of methoxy groups -OCH3 is 1. The number of halogens is 1. The zero-order valence-corrected chi connectivity index (χ0v) is 26.6. The Bertz CT molecular complexity index is 1900. The summed E-state index contributed by atoms with van der Waals surface area (Å²) in [5.74, 6) is -0.349. The minimum Gasteiger partial charge on any atom is -0.493 e. The van der Waals surface area contributed by atoms with E-state index in [1.165, 1.54) is 18.4 Å².